The minimum Gasteiger partial charge on any atom is -0.382 e. The van der Waals surface area contributed by atoms with E-state index in [1.54, 1.807) is 7.11 Å². The van der Waals surface area contributed by atoms with Gasteiger partial charge in [0.1, 0.15) is 0 Å². The predicted octanol–water partition coefficient (Wildman–Crippen LogP) is 0.432. The van der Waals surface area contributed by atoms with E-state index in [-0.39, 0.29) is 18.5 Å². The standard InChI is InChI=1S/C7H15NO2.ClH/c1-6-3-8-4-7(10-6)5-9-2;/h6-8H,3-5H2,1-2H3;1H/t6-,7+;/m1./s1. The molecule has 0 amide bonds. The summed E-state index contributed by atoms with van der Waals surface area (Å²) in [5, 5.41) is 3.26. The molecule has 1 rings (SSSR count). The third kappa shape index (κ3) is 3.91. The van der Waals surface area contributed by atoms with Crippen molar-refractivity contribution in [3.05, 3.63) is 0 Å². The van der Waals surface area contributed by atoms with Crippen molar-refractivity contribution in [3.8, 4) is 0 Å². The molecule has 1 saturated heterocycles. The van der Waals surface area contributed by atoms with E-state index in [1.165, 1.54) is 0 Å². The van der Waals surface area contributed by atoms with Crippen LogP contribution < -0.4 is 5.32 Å². The number of nitrogens with one attached hydrogen (secondary N) is 1. The quantitative estimate of drug-likeness (QED) is 0.671. The molecule has 0 radical (unpaired) electrons. The van der Waals surface area contributed by atoms with Crippen LogP contribution in [0, 0.1) is 0 Å². The molecule has 11 heavy (non-hydrogen) atoms. The van der Waals surface area contributed by atoms with Crippen LogP contribution in [0.2, 0.25) is 0 Å². The second kappa shape index (κ2) is 5.77. The molecule has 0 spiro atoms. The molecule has 0 aromatic carbocycles. The molecule has 0 unspecified atom stereocenters. The van der Waals surface area contributed by atoms with Gasteiger partial charge in [0.25, 0.3) is 0 Å². The van der Waals surface area contributed by atoms with Gasteiger partial charge in [-0.2, -0.15) is 0 Å². The van der Waals surface area contributed by atoms with Gasteiger partial charge in [0, 0.05) is 20.2 Å². The molecule has 1 fully saturated rings. The normalized spacial score (nSPS) is 31.1. The summed E-state index contributed by atoms with van der Waals surface area (Å²) in [5.74, 6) is 0. The molecule has 3 nitrogen and oxygen atoms in total. The Morgan fingerprint density at radius 3 is 2.82 bits per heavy atom. The highest BCUT2D eigenvalue weighted by Gasteiger charge is 2.17. The van der Waals surface area contributed by atoms with Crippen molar-refractivity contribution in [1.29, 1.82) is 0 Å². The van der Waals surface area contributed by atoms with Crippen LogP contribution in [0.15, 0.2) is 0 Å². The van der Waals surface area contributed by atoms with Crippen molar-refractivity contribution in [2.45, 2.75) is 19.1 Å². The SMILES string of the molecule is COC[C@@H]1CNC[C@@H](C)O1.Cl. The van der Waals surface area contributed by atoms with Gasteiger partial charge in [-0.25, -0.2) is 0 Å². The first-order valence-electron chi connectivity index (χ1n) is 3.68. The minimum atomic E-state index is 0. The van der Waals surface area contributed by atoms with Crippen LogP contribution in [-0.2, 0) is 9.47 Å². The number of methoxy groups -OCH3 is 1. The molecule has 0 aromatic heterocycles. The predicted molar refractivity (Wildman–Crippen MR) is 46.3 cm³/mol. The van der Waals surface area contributed by atoms with Gasteiger partial charge in [0.15, 0.2) is 0 Å². The van der Waals surface area contributed by atoms with E-state index in [1.807, 2.05) is 0 Å². The Hall–Kier alpha value is 0.170. The fourth-order valence-electron chi connectivity index (χ4n) is 1.16. The van der Waals surface area contributed by atoms with E-state index >= 15 is 0 Å². The van der Waals surface area contributed by atoms with Gasteiger partial charge >= 0.3 is 0 Å². The summed E-state index contributed by atoms with van der Waals surface area (Å²) in [7, 11) is 1.70. The molecule has 1 heterocycles. The highest BCUT2D eigenvalue weighted by Crippen LogP contribution is 2.02. The van der Waals surface area contributed by atoms with Crippen molar-refractivity contribution in [2.75, 3.05) is 26.8 Å². The highest BCUT2D eigenvalue weighted by molar-refractivity contribution is 5.85. The van der Waals surface area contributed by atoms with Crippen molar-refractivity contribution in [2.24, 2.45) is 0 Å². The maximum absolute atomic E-state index is 5.54. The van der Waals surface area contributed by atoms with Gasteiger partial charge in [0.2, 0.25) is 0 Å². The van der Waals surface area contributed by atoms with Crippen molar-refractivity contribution < 1.29 is 9.47 Å². The Bertz CT molecular complexity index is 100. The Kier molecular flexibility index (Phi) is 5.86. The Balaban J connectivity index is 0.000001000. The summed E-state index contributed by atoms with van der Waals surface area (Å²) in [5.41, 5.74) is 0. The summed E-state index contributed by atoms with van der Waals surface area (Å²) in [4.78, 5) is 0. The Labute approximate surface area is 73.9 Å². The number of morpholine rings is 1. The van der Waals surface area contributed by atoms with E-state index in [0.29, 0.717) is 12.7 Å². The average molecular weight is 182 g/mol. The number of rotatable bonds is 2. The van der Waals surface area contributed by atoms with Crippen LogP contribution in [0.25, 0.3) is 0 Å². The smallest absolute Gasteiger partial charge is 0.0936 e. The summed E-state index contributed by atoms with van der Waals surface area (Å²) in [6.07, 6.45) is 0.572. The summed E-state index contributed by atoms with van der Waals surface area (Å²) >= 11 is 0. The molecule has 1 aliphatic heterocycles. The lowest BCUT2D eigenvalue weighted by Crippen LogP contribution is -2.45. The fraction of sp³-hybridized carbons (Fsp3) is 1.00. The molecule has 1 aliphatic rings. The number of hydrogen-bond acceptors (Lipinski definition) is 3. The van der Waals surface area contributed by atoms with Crippen LogP contribution in [0.4, 0.5) is 0 Å². The van der Waals surface area contributed by atoms with E-state index in [4.69, 9.17) is 9.47 Å². The first-order chi connectivity index (χ1) is 4.83. The maximum Gasteiger partial charge on any atom is 0.0936 e. The zero-order chi connectivity index (χ0) is 7.40. The number of hydrogen-bond donors (Lipinski definition) is 1. The maximum atomic E-state index is 5.54. The number of halogens is 1. The molecular weight excluding hydrogens is 166 g/mol. The van der Waals surface area contributed by atoms with Gasteiger partial charge in [-0.15, -0.1) is 12.4 Å². The number of ether oxygens (including phenoxy) is 2. The molecule has 0 saturated carbocycles. The van der Waals surface area contributed by atoms with Crippen LogP contribution in [0.1, 0.15) is 6.92 Å². The zero-order valence-corrected chi connectivity index (χ0v) is 7.82. The van der Waals surface area contributed by atoms with Gasteiger partial charge in [-0.3, -0.25) is 0 Å². The molecule has 0 aromatic rings. The van der Waals surface area contributed by atoms with Gasteiger partial charge in [-0.1, -0.05) is 0 Å². The van der Waals surface area contributed by atoms with Gasteiger partial charge < -0.3 is 14.8 Å². The Morgan fingerprint density at radius 1 is 1.55 bits per heavy atom. The molecule has 4 heteroatoms. The highest BCUT2D eigenvalue weighted by atomic mass is 35.5. The topological polar surface area (TPSA) is 30.5 Å². The van der Waals surface area contributed by atoms with Crippen LogP contribution >= 0.6 is 12.4 Å². The largest absolute Gasteiger partial charge is 0.382 e. The van der Waals surface area contributed by atoms with Crippen molar-refractivity contribution >= 4 is 12.4 Å². The molecule has 2 atom stereocenters. The zero-order valence-electron chi connectivity index (χ0n) is 7.00. The van der Waals surface area contributed by atoms with E-state index in [0.717, 1.165) is 13.1 Å². The third-order valence-electron chi connectivity index (χ3n) is 1.58. The van der Waals surface area contributed by atoms with Crippen molar-refractivity contribution in [3.63, 3.8) is 0 Å². The van der Waals surface area contributed by atoms with Crippen LogP contribution in [0.5, 0.6) is 0 Å². The summed E-state index contributed by atoms with van der Waals surface area (Å²) in [6.45, 7) is 4.63. The van der Waals surface area contributed by atoms with Crippen molar-refractivity contribution in [1.82, 2.24) is 5.32 Å². The molecular formula is C7H16ClNO2. The lowest BCUT2D eigenvalue weighted by Gasteiger charge is -2.27. The monoisotopic (exact) mass is 181 g/mol. The van der Waals surface area contributed by atoms with Crippen LogP contribution in [-0.4, -0.2) is 39.0 Å². The Morgan fingerprint density at radius 2 is 2.27 bits per heavy atom. The van der Waals surface area contributed by atoms with Crippen LogP contribution in [0.3, 0.4) is 0 Å². The van der Waals surface area contributed by atoms with E-state index in [2.05, 4.69) is 12.2 Å². The second-order valence-electron chi connectivity index (χ2n) is 2.68. The molecule has 0 bridgehead atoms. The first-order valence-corrected chi connectivity index (χ1v) is 3.68. The molecule has 0 aliphatic carbocycles. The van der Waals surface area contributed by atoms with E-state index in [9.17, 15) is 0 Å². The summed E-state index contributed by atoms with van der Waals surface area (Å²) < 4.78 is 10.5. The second-order valence-corrected chi connectivity index (χ2v) is 2.68. The fourth-order valence-corrected chi connectivity index (χ4v) is 1.16. The average Bonchev–Trinajstić information content (AvgIpc) is 1.88. The first kappa shape index (κ1) is 11.2. The van der Waals surface area contributed by atoms with Gasteiger partial charge in [-0.05, 0) is 6.92 Å². The third-order valence-corrected chi connectivity index (χ3v) is 1.58. The lowest BCUT2D eigenvalue weighted by molar-refractivity contribution is -0.0602. The lowest BCUT2D eigenvalue weighted by atomic mass is 10.2. The molecule has 1 N–H and O–H groups in total. The molecule has 68 valence electrons. The minimum absolute atomic E-state index is 0. The van der Waals surface area contributed by atoms with E-state index < -0.39 is 0 Å². The van der Waals surface area contributed by atoms with Gasteiger partial charge in [0.05, 0.1) is 18.8 Å². The summed E-state index contributed by atoms with van der Waals surface area (Å²) in [6, 6.07) is 0.